The molecule has 3 aromatic rings. The molecule has 0 amide bonds. The molecule has 0 radical (unpaired) electrons. The minimum atomic E-state index is -0.195. The number of hydrogen-bond acceptors (Lipinski definition) is 7. The summed E-state index contributed by atoms with van der Waals surface area (Å²) in [6, 6.07) is 16.7. The van der Waals surface area contributed by atoms with Crippen molar-refractivity contribution in [1.82, 2.24) is 9.80 Å². The van der Waals surface area contributed by atoms with Crippen LogP contribution in [0.1, 0.15) is 81.7 Å². The Hall–Kier alpha value is -3.26. The lowest BCUT2D eigenvalue weighted by Gasteiger charge is -2.48. The number of hydrogen-bond donors (Lipinski definition) is 0. The highest BCUT2D eigenvalue weighted by Gasteiger charge is 2.35. The maximum Gasteiger partial charge on any atom is 0.307 e. The summed E-state index contributed by atoms with van der Waals surface area (Å²) in [5, 5.41) is 0.546. The van der Waals surface area contributed by atoms with Crippen LogP contribution in [0.4, 0.5) is 0 Å². The number of benzene rings is 3. The Morgan fingerprint density at radius 1 is 1.02 bits per heavy atom. The van der Waals surface area contributed by atoms with Gasteiger partial charge >= 0.3 is 5.97 Å². The minimum absolute atomic E-state index is 0.111. The van der Waals surface area contributed by atoms with E-state index in [4.69, 9.17) is 30.5 Å². The summed E-state index contributed by atoms with van der Waals surface area (Å²) in [7, 11) is 1.97. The van der Waals surface area contributed by atoms with E-state index >= 15 is 0 Å². The van der Waals surface area contributed by atoms with E-state index in [2.05, 4.69) is 67.0 Å². The van der Waals surface area contributed by atoms with Crippen LogP contribution < -0.4 is 14.2 Å². The molecule has 0 unspecified atom stereocenters. The van der Waals surface area contributed by atoms with Crippen molar-refractivity contribution >= 4 is 17.6 Å². The first-order valence-electron chi connectivity index (χ1n) is 17.2. The number of rotatable bonds is 16. The molecule has 2 aliphatic rings. The fourth-order valence-electron chi connectivity index (χ4n) is 6.74. The van der Waals surface area contributed by atoms with Crippen molar-refractivity contribution in [3.05, 3.63) is 75.8 Å². The van der Waals surface area contributed by atoms with E-state index < -0.39 is 0 Å². The predicted octanol–water partition coefficient (Wildman–Crippen LogP) is 8.42. The van der Waals surface area contributed by atoms with Gasteiger partial charge < -0.3 is 23.8 Å². The summed E-state index contributed by atoms with van der Waals surface area (Å²) < 4.78 is 24.0. The van der Waals surface area contributed by atoms with Crippen molar-refractivity contribution in [3.8, 4) is 28.4 Å². The van der Waals surface area contributed by atoms with Gasteiger partial charge in [-0.3, -0.25) is 9.69 Å². The monoisotopic (exact) mass is 662 g/mol. The Morgan fingerprint density at radius 2 is 1.81 bits per heavy atom. The van der Waals surface area contributed by atoms with Gasteiger partial charge in [0.1, 0.15) is 23.4 Å². The van der Waals surface area contributed by atoms with Crippen LogP contribution in [-0.2, 0) is 22.5 Å². The van der Waals surface area contributed by atoms with Crippen molar-refractivity contribution in [2.45, 2.75) is 84.9 Å². The minimum Gasteiger partial charge on any atom is -0.493 e. The lowest BCUT2D eigenvalue weighted by molar-refractivity contribution is -0.143. The van der Waals surface area contributed by atoms with Crippen LogP contribution in [-0.4, -0.2) is 67.8 Å². The second-order valence-corrected chi connectivity index (χ2v) is 13.7. The smallest absolute Gasteiger partial charge is 0.307 e. The summed E-state index contributed by atoms with van der Waals surface area (Å²) in [4.78, 5) is 16.4. The van der Waals surface area contributed by atoms with Crippen LogP contribution in [0.25, 0.3) is 11.1 Å². The summed E-state index contributed by atoms with van der Waals surface area (Å²) in [5.41, 5.74) is 7.41. The quantitative estimate of drug-likeness (QED) is 0.113. The highest BCUT2D eigenvalue weighted by molar-refractivity contribution is 6.32. The molecule has 0 saturated carbocycles. The van der Waals surface area contributed by atoms with Crippen molar-refractivity contribution in [2.24, 2.45) is 0 Å². The fraction of sp³-hybridized carbons (Fsp3) is 0.513. The van der Waals surface area contributed by atoms with Crippen molar-refractivity contribution in [3.63, 3.8) is 0 Å². The van der Waals surface area contributed by atoms with Crippen LogP contribution in [0, 0.1) is 6.92 Å². The van der Waals surface area contributed by atoms with Crippen molar-refractivity contribution < 1.29 is 23.7 Å². The van der Waals surface area contributed by atoms with Gasteiger partial charge in [-0.25, -0.2) is 0 Å². The van der Waals surface area contributed by atoms with E-state index in [0.717, 1.165) is 42.9 Å². The lowest BCUT2D eigenvalue weighted by atomic mass is 9.89. The highest BCUT2D eigenvalue weighted by Crippen LogP contribution is 2.44. The normalized spacial score (nSPS) is 16.9. The third-order valence-corrected chi connectivity index (χ3v) is 9.89. The number of ether oxygens (including phenoxy) is 4. The third kappa shape index (κ3) is 8.43. The van der Waals surface area contributed by atoms with Crippen LogP contribution in [0.5, 0.6) is 17.2 Å². The van der Waals surface area contributed by atoms with E-state index in [-0.39, 0.29) is 12.1 Å². The number of carbonyl (C=O) groups is 1. The maximum absolute atomic E-state index is 11.8. The molecule has 0 aromatic heterocycles. The molecule has 0 spiro atoms. The zero-order valence-corrected chi connectivity index (χ0v) is 29.8. The Kier molecular flexibility index (Phi) is 11.8. The van der Waals surface area contributed by atoms with Gasteiger partial charge in [-0.1, -0.05) is 41.9 Å². The number of nitrogens with zero attached hydrogens (tertiary/aromatic N) is 2. The molecule has 1 saturated heterocycles. The molecule has 1 atom stereocenters. The molecule has 1 aliphatic carbocycles. The molecular formula is C39H51ClN2O5. The SMILES string of the molecule is CCOC(=O)CCN(C)Cc1cc(Cl)c(O[C@H]2CCc3c(-c4cccc(OCCCN5CCC5(C)C)c4C)cccc32)cc1OCC. The maximum atomic E-state index is 11.8. The summed E-state index contributed by atoms with van der Waals surface area (Å²) >= 11 is 6.83. The Bertz CT molecular complexity index is 1540. The molecule has 7 nitrogen and oxygen atoms in total. The van der Waals surface area contributed by atoms with Gasteiger partial charge in [0.15, 0.2) is 0 Å². The van der Waals surface area contributed by atoms with Crippen LogP contribution >= 0.6 is 11.6 Å². The second-order valence-electron chi connectivity index (χ2n) is 13.3. The molecule has 3 aromatic carbocycles. The van der Waals surface area contributed by atoms with Crippen molar-refractivity contribution in [2.75, 3.05) is 46.5 Å². The second kappa shape index (κ2) is 15.8. The zero-order chi connectivity index (χ0) is 33.6. The number of fused-ring (bicyclic) bond motifs is 1. The van der Waals surface area contributed by atoms with Gasteiger partial charge in [0.25, 0.3) is 0 Å². The van der Waals surface area contributed by atoms with Crippen LogP contribution in [0.2, 0.25) is 5.02 Å². The van der Waals surface area contributed by atoms with E-state index in [9.17, 15) is 4.79 Å². The van der Waals surface area contributed by atoms with E-state index in [1.807, 2.05) is 33.0 Å². The van der Waals surface area contributed by atoms with E-state index in [0.29, 0.717) is 55.6 Å². The Labute approximate surface area is 286 Å². The first kappa shape index (κ1) is 35.1. The third-order valence-electron chi connectivity index (χ3n) is 9.60. The molecular weight excluding hydrogens is 612 g/mol. The van der Waals surface area contributed by atoms with Gasteiger partial charge in [-0.2, -0.15) is 0 Å². The van der Waals surface area contributed by atoms with E-state index in [1.54, 1.807) is 0 Å². The van der Waals surface area contributed by atoms with Gasteiger partial charge in [-0.05, 0) is 107 Å². The average Bonchev–Trinajstić information content (AvgIpc) is 3.45. The van der Waals surface area contributed by atoms with Gasteiger partial charge in [-0.15, -0.1) is 0 Å². The van der Waals surface area contributed by atoms with E-state index in [1.165, 1.54) is 40.8 Å². The zero-order valence-electron chi connectivity index (χ0n) is 29.0. The lowest BCUT2D eigenvalue weighted by Crippen LogP contribution is -2.55. The molecule has 1 aliphatic heterocycles. The number of likely N-dealkylation sites (tertiary alicyclic amines) is 1. The van der Waals surface area contributed by atoms with Crippen LogP contribution in [0.3, 0.4) is 0 Å². The summed E-state index contributed by atoms with van der Waals surface area (Å²) in [6.45, 7) is 15.6. The molecule has 1 heterocycles. The van der Waals surface area contributed by atoms with Gasteiger partial charge in [0, 0.05) is 43.3 Å². The molecule has 1 fully saturated rings. The Balaban J connectivity index is 1.28. The van der Waals surface area contributed by atoms with Gasteiger partial charge in [0.05, 0.1) is 31.3 Å². The molecule has 47 heavy (non-hydrogen) atoms. The largest absolute Gasteiger partial charge is 0.493 e. The topological polar surface area (TPSA) is 60.5 Å². The molecule has 254 valence electrons. The fourth-order valence-corrected chi connectivity index (χ4v) is 6.97. The molecule has 0 bridgehead atoms. The molecule has 0 N–H and O–H groups in total. The number of carbonyl (C=O) groups excluding carboxylic acids is 1. The summed E-state index contributed by atoms with van der Waals surface area (Å²) in [6.07, 6.45) is 4.31. The van der Waals surface area contributed by atoms with Gasteiger partial charge in [0.2, 0.25) is 0 Å². The summed E-state index contributed by atoms with van der Waals surface area (Å²) in [5.74, 6) is 2.11. The first-order valence-corrected chi connectivity index (χ1v) is 17.5. The Morgan fingerprint density at radius 3 is 2.53 bits per heavy atom. The van der Waals surface area contributed by atoms with Crippen molar-refractivity contribution in [1.29, 1.82) is 0 Å². The highest BCUT2D eigenvalue weighted by atomic mass is 35.5. The van der Waals surface area contributed by atoms with Crippen LogP contribution in [0.15, 0.2) is 48.5 Å². The molecule has 8 heteroatoms. The first-order chi connectivity index (χ1) is 22.6. The average molecular weight is 663 g/mol. The molecule has 5 rings (SSSR count). The standard InChI is InChI=1S/C39H51ClN2O5/c1-7-44-36-25-37(33(40)24-28(36)26-41(6)21-18-38(43)45-8-2)47-35-17-16-31-30(13-9-14-32(31)35)29-12-10-15-34(27(29)3)46-23-11-20-42-22-19-39(42,4)5/h9-10,12-15,24-25,35H,7-8,11,16-23,26H2,1-6H3/t35-/m0/s1. The number of esters is 1. The predicted molar refractivity (Wildman–Crippen MR) is 189 cm³/mol. The number of halogens is 1.